The summed E-state index contributed by atoms with van der Waals surface area (Å²) in [5, 5.41) is 15.5. The van der Waals surface area contributed by atoms with Gasteiger partial charge in [-0.3, -0.25) is 9.69 Å². The first kappa shape index (κ1) is 27.4. The van der Waals surface area contributed by atoms with E-state index in [4.69, 9.17) is 4.74 Å². The molecule has 208 valence electrons. The molecule has 0 spiro atoms. The summed E-state index contributed by atoms with van der Waals surface area (Å²) in [6.07, 6.45) is 0.161. The fourth-order valence-electron chi connectivity index (χ4n) is 5.73. The quantitative estimate of drug-likeness (QED) is 0.351. The van der Waals surface area contributed by atoms with Crippen LogP contribution in [0.4, 0.5) is 4.79 Å². The molecule has 2 aliphatic rings. The van der Waals surface area contributed by atoms with Gasteiger partial charge >= 0.3 is 12.1 Å². The van der Waals surface area contributed by atoms with Crippen LogP contribution in [0.15, 0.2) is 78.9 Å². The maximum absolute atomic E-state index is 12.9. The topological polar surface area (TPSA) is 108 Å². The van der Waals surface area contributed by atoms with Crippen LogP contribution in [0.25, 0.3) is 11.1 Å². The smallest absolute Gasteiger partial charge is 0.407 e. The van der Waals surface area contributed by atoms with E-state index in [1.165, 1.54) is 0 Å². The third-order valence-corrected chi connectivity index (χ3v) is 8.01. The third-order valence-electron chi connectivity index (χ3n) is 8.01. The number of carbonyl (C=O) groups excluding carboxylic acids is 2. The van der Waals surface area contributed by atoms with Gasteiger partial charge in [-0.1, -0.05) is 85.8 Å². The van der Waals surface area contributed by atoms with Crippen LogP contribution in [0.3, 0.4) is 0 Å². The van der Waals surface area contributed by atoms with Gasteiger partial charge in [0.15, 0.2) is 5.54 Å². The average molecular weight is 542 g/mol. The van der Waals surface area contributed by atoms with Crippen LogP contribution < -0.4 is 10.6 Å². The Morgan fingerprint density at radius 2 is 1.60 bits per heavy atom. The minimum atomic E-state index is -1.32. The largest absolute Gasteiger partial charge is 0.479 e. The van der Waals surface area contributed by atoms with Crippen LogP contribution in [0, 0.1) is 5.92 Å². The summed E-state index contributed by atoms with van der Waals surface area (Å²) in [5.74, 6) is -1.87. The molecular weight excluding hydrogens is 506 g/mol. The molecule has 3 N–H and O–H groups in total. The van der Waals surface area contributed by atoms with E-state index in [0.717, 1.165) is 27.8 Å². The molecule has 8 nitrogen and oxygen atoms in total. The van der Waals surface area contributed by atoms with Crippen LogP contribution >= 0.6 is 0 Å². The van der Waals surface area contributed by atoms with E-state index in [1.807, 2.05) is 59.5 Å². The number of ether oxygens (including phenoxy) is 1. The highest BCUT2D eigenvalue weighted by atomic mass is 16.5. The summed E-state index contributed by atoms with van der Waals surface area (Å²) < 4.78 is 5.56. The molecule has 0 aromatic heterocycles. The molecule has 3 aromatic carbocycles. The molecule has 40 heavy (non-hydrogen) atoms. The molecule has 2 atom stereocenters. The molecule has 1 aliphatic heterocycles. The monoisotopic (exact) mass is 541 g/mol. The number of hydrogen-bond donors (Lipinski definition) is 3. The number of carboxylic acid groups (broad SMARTS) is 1. The zero-order valence-electron chi connectivity index (χ0n) is 22.6. The highest BCUT2D eigenvalue weighted by Gasteiger charge is 2.46. The highest BCUT2D eigenvalue weighted by molar-refractivity contribution is 5.88. The number of hydrogen-bond acceptors (Lipinski definition) is 5. The van der Waals surface area contributed by atoms with Gasteiger partial charge in [0.05, 0.1) is 0 Å². The lowest BCUT2D eigenvalue weighted by Gasteiger charge is -2.28. The van der Waals surface area contributed by atoms with Crippen molar-refractivity contribution in [3.63, 3.8) is 0 Å². The minimum absolute atomic E-state index is 0.0251. The Balaban J connectivity index is 1.08. The molecule has 5 rings (SSSR count). The number of alkyl carbamates (subject to hydrolysis) is 1. The van der Waals surface area contributed by atoms with E-state index in [0.29, 0.717) is 25.9 Å². The van der Waals surface area contributed by atoms with Gasteiger partial charge in [-0.05, 0) is 40.7 Å². The maximum atomic E-state index is 12.9. The Labute approximate surface area is 234 Å². The summed E-state index contributed by atoms with van der Waals surface area (Å²) >= 11 is 0. The Morgan fingerprint density at radius 3 is 2.25 bits per heavy atom. The first-order valence-corrected chi connectivity index (χ1v) is 13.8. The first-order chi connectivity index (χ1) is 19.4. The number of nitrogens with one attached hydrogen (secondary N) is 2. The second kappa shape index (κ2) is 11.9. The molecule has 2 unspecified atom stereocenters. The second-order valence-electron chi connectivity index (χ2n) is 10.8. The van der Waals surface area contributed by atoms with Gasteiger partial charge in [-0.15, -0.1) is 0 Å². The number of likely N-dealkylation sites (tertiary alicyclic amines) is 1. The zero-order valence-corrected chi connectivity index (χ0v) is 22.6. The normalized spacial score (nSPS) is 18.9. The van der Waals surface area contributed by atoms with Crippen molar-refractivity contribution >= 4 is 18.0 Å². The van der Waals surface area contributed by atoms with Gasteiger partial charge in [-0.2, -0.15) is 0 Å². The molecule has 0 bridgehead atoms. The van der Waals surface area contributed by atoms with E-state index >= 15 is 0 Å². The van der Waals surface area contributed by atoms with Gasteiger partial charge in [0, 0.05) is 38.0 Å². The molecule has 3 aromatic rings. The SMILES string of the molecule is CC(CCNC(=O)OCC1c2ccccc2-c2ccccc21)C(=O)NC1(C(=O)O)CCN(Cc2ccccc2)C1. The predicted octanol–water partition coefficient (Wildman–Crippen LogP) is 4.40. The maximum Gasteiger partial charge on any atom is 0.407 e. The van der Waals surface area contributed by atoms with E-state index in [-0.39, 0.29) is 31.5 Å². The number of carboxylic acids is 1. The molecule has 1 aliphatic carbocycles. The van der Waals surface area contributed by atoms with Crippen molar-refractivity contribution in [3.8, 4) is 11.1 Å². The standard InChI is InChI=1S/C32H35N3O5/c1-22(29(36)34-32(30(37)38)16-18-35(21-32)19-23-9-3-2-4-10-23)15-17-33-31(39)40-20-28-26-13-7-5-11-24(26)25-12-6-8-14-27(25)28/h2-14,22,28H,15-21H2,1H3,(H,33,39)(H,34,36)(H,37,38). The number of amides is 2. The van der Waals surface area contributed by atoms with E-state index in [9.17, 15) is 19.5 Å². The van der Waals surface area contributed by atoms with Crippen LogP contribution in [0.5, 0.6) is 0 Å². The summed E-state index contributed by atoms with van der Waals surface area (Å²) in [6, 6.07) is 26.2. The summed E-state index contributed by atoms with van der Waals surface area (Å²) in [6.45, 7) is 3.65. The van der Waals surface area contributed by atoms with Crippen molar-refractivity contribution in [1.82, 2.24) is 15.5 Å². The van der Waals surface area contributed by atoms with Crippen LogP contribution in [0.1, 0.15) is 42.4 Å². The van der Waals surface area contributed by atoms with Crippen molar-refractivity contribution in [2.75, 3.05) is 26.2 Å². The summed E-state index contributed by atoms with van der Waals surface area (Å²) in [7, 11) is 0. The number of benzene rings is 3. The molecule has 2 amide bonds. The van der Waals surface area contributed by atoms with Gasteiger partial charge in [-0.25, -0.2) is 9.59 Å². The fourth-order valence-corrected chi connectivity index (χ4v) is 5.73. The number of rotatable bonds is 10. The lowest BCUT2D eigenvalue weighted by Crippen LogP contribution is -2.57. The van der Waals surface area contributed by atoms with Gasteiger partial charge < -0.3 is 20.5 Å². The van der Waals surface area contributed by atoms with Crippen molar-refractivity contribution < 1.29 is 24.2 Å². The number of carbonyl (C=O) groups is 3. The Morgan fingerprint density at radius 1 is 0.975 bits per heavy atom. The van der Waals surface area contributed by atoms with Crippen LogP contribution in [-0.4, -0.2) is 59.8 Å². The van der Waals surface area contributed by atoms with Crippen molar-refractivity contribution in [2.24, 2.45) is 5.92 Å². The predicted molar refractivity (Wildman–Crippen MR) is 152 cm³/mol. The van der Waals surface area contributed by atoms with Crippen molar-refractivity contribution in [2.45, 2.75) is 37.8 Å². The van der Waals surface area contributed by atoms with E-state index in [1.54, 1.807) is 6.92 Å². The fraction of sp³-hybridized carbons (Fsp3) is 0.344. The molecule has 0 saturated carbocycles. The Hall–Kier alpha value is -4.17. The Kier molecular flexibility index (Phi) is 8.16. The number of nitrogens with zero attached hydrogens (tertiary/aromatic N) is 1. The van der Waals surface area contributed by atoms with E-state index < -0.39 is 23.5 Å². The van der Waals surface area contributed by atoms with Crippen molar-refractivity contribution in [1.29, 1.82) is 0 Å². The van der Waals surface area contributed by atoms with E-state index in [2.05, 4.69) is 34.9 Å². The third kappa shape index (κ3) is 5.87. The van der Waals surface area contributed by atoms with Crippen LogP contribution in [-0.2, 0) is 20.9 Å². The second-order valence-corrected chi connectivity index (χ2v) is 10.8. The highest BCUT2D eigenvalue weighted by Crippen LogP contribution is 2.44. The zero-order chi connectivity index (χ0) is 28.1. The summed E-state index contributed by atoms with van der Waals surface area (Å²) in [5.41, 5.74) is 4.39. The summed E-state index contributed by atoms with van der Waals surface area (Å²) in [4.78, 5) is 39.7. The minimum Gasteiger partial charge on any atom is -0.479 e. The van der Waals surface area contributed by atoms with Crippen molar-refractivity contribution in [3.05, 3.63) is 95.6 Å². The first-order valence-electron chi connectivity index (χ1n) is 13.8. The molecule has 8 heteroatoms. The van der Waals surface area contributed by atoms with Gasteiger partial charge in [0.1, 0.15) is 6.61 Å². The lowest BCUT2D eigenvalue weighted by molar-refractivity contribution is -0.147. The van der Waals surface area contributed by atoms with Gasteiger partial charge in [0.25, 0.3) is 0 Å². The molecule has 1 saturated heterocycles. The number of fused-ring (bicyclic) bond motifs is 3. The van der Waals surface area contributed by atoms with Crippen LogP contribution in [0.2, 0.25) is 0 Å². The Bertz CT molecular complexity index is 1330. The molecule has 1 fully saturated rings. The molecular formula is C32H35N3O5. The lowest BCUT2D eigenvalue weighted by atomic mass is 9.96. The van der Waals surface area contributed by atoms with Gasteiger partial charge in [0.2, 0.25) is 5.91 Å². The molecule has 1 heterocycles. The average Bonchev–Trinajstić information content (AvgIpc) is 3.52. The molecule has 0 radical (unpaired) electrons. The number of aliphatic carboxylic acids is 1.